The molecule has 3 rings (SSSR count). The maximum absolute atomic E-state index is 5.88. The van der Waals surface area contributed by atoms with E-state index >= 15 is 0 Å². The molecule has 0 saturated carbocycles. The molecule has 0 bridgehead atoms. The highest BCUT2D eigenvalue weighted by Crippen LogP contribution is 2.29. The lowest BCUT2D eigenvalue weighted by atomic mass is 9.90. The molecule has 21 heavy (non-hydrogen) atoms. The fourth-order valence-corrected chi connectivity index (χ4v) is 2.90. The van der Waals surface area contributed by atoms with Gasteiger partial charge in [0.05, 0.1) is 6.54 Å². The monoisotopic (exact) mass is 306 g/mol. The average Bonchev–Trinajstić information content (AvgIpc) is 3.08. The summed E-state index contributed by atoms with van der Waals surface area (Å²) in [6, 6.07) is 10.4. The Labute approximate surface area is 132 Å². The fraction of sp³-hybridized carbons (Fsp3) is 0.438. The number of nitrogens with two attached hydrogens (primary N) is 1. The molecule has 1 fully saturated rings. The number of rotatable bonds is 4. The van der Waals surface area contributed by atoms with Crippen molar-refractivity contribution in [2.24, 2.45) is 11.1 Å². The van der Waals surface area contributed by atoms with Crippen molar-refractivity contribution in [2.45, 2.75) is 19.9 Å². The Hall–Kier alpha value is -1.36. The summed E-state index contributed by atoms with van der Waals surface area (Å²) < 4.78 is 2.16. The van der Waals surface area contributed by atoms with E-state index in [2.05, 4.69) is 45.6 Å². The zero-order valence-corrected chi connectivity index (χ0v) is 13.2. The summed E-state index contributed by atoms with van der Waals surface area (Å²) in [6.45, 7) is 6.09. The highest BCUT2D eigenvalue weighted by Gasteiger charge is 2.32. The molecular formula is C16H23ClN4. The van der Waals surface area contributed by atoms with Crippen molar-refractivity contribution in [1.82, 2.24) is 14.5 Å². The van der Waals surface area contributed by atoms with Crippen LogP contribution in [-0.4, -0.2) is 34.1 Å². The van der Waals surface area contributed by atoms with Crippen molar-refractivity contribution in [3.05, 3.63) is 48.5 Å². The molecule has 2 aromatic rings. The summed E-state index contributed by atoms with van der Waals surface area (Å²) in [4.78, 5) is 6.97. The van der Waals surface area contributed by atoms with E-state index < -0.39 is 0 Å². The Bertz CT molecular complexity index is 569. The van der Waals surface area contributed by atoms with Crippen LogP contribution in [0.1, 0.15) is 19.2 Å². The van der Waals surface area contributed by atoms with Crippen LogP contribution < -0.4 is 5.73 Å². The van der Waals surface area contributed by atoms with Gasteiger partial charge in [-0.25, -0.2) is 4.98 Å². The van der Waals surface area contributed by atoms with E-state index in [-0.39, 0.29) is 17.8 Å². The summed E-state index contributed by atoms with van der Waals surface area (Å²) in [7, 11) is 0. The smallest absolute Gasteiger partial charge is 0.127 e. The van der Waals surface area contributed by atoms with Gasteiger partial charge >= 0.3 is 0 Å². The summed E-state index contributed by atoms with van der Waals surface area (Å²) in [5.41, 5.74) is 7.31. The first-order valence-electron chi connectivity index (χ1n) is 7.20. The molecule has 0 amide bonds. The van der Waals surface area contributed by atoms with Crippen LogP contribution in [0.3, 0.4) is 0 Å². The third-order valence-corrected chi connectivity index (χ3v) is 4.25. The lowest BCUT2D eigenvalue weighted by molar-refractivity contribution is 0.268. The maximum atomic E-state index is 5.88. The molecule has 1 aromatic carbocycles. The second kappa shape index (κ2) is 6.60. The van der Waals surface area contributed by atoms with E-state index in [1.54, 1.807) is 0 Å². The third-order valence-electron chi connectivity index (χ3n) is 4.25. The van der Waals surface area contributed by atoms with E-state index in [9.17, 15) is 0 Å². The number of aromatic nitrogens is 2. The molecule has 4 nitrogen and oxygen atoms in total. The van der Waals surface area contributed by atoms with E-state index in [0.29, 0.717) is 0 Å². The summed E-state index contributed by atoms with van der Waals surface area (Å²) in [6.07, 6.45) is 5.08. The molecule has 1 unspecified atom stereocenters. The van der Waals surface area contributed by atoms with Gasteiger partial charge in [-0.2, -0.15) is 0 Å². The van der Waals surface area contributed by atoms with Gasteiger partial charge < -0.3 is 10.3 Å². The van der Waals surface area contributed by atoms with Gasteiger partial charge in [-0.05, 0) is 37.1 Å². The minimum absolute atomic E-state index is 0. The third kappa shape index (κ3) is 3.46. The van der Waals surface area contributed by atoms with Crippen molar-refractivity contribution in [2.75, 3.05) is 19.6 Å². The molecule has 0 spiro atoms. The fourth-order valence-electron chi connectivity index (χ4n) is 2.90. The van der Waals surface area contributed by atoms with Crippen molar-refractivity contribution in [3.63, 3.8) is 0 Å². The minimum Gasteiger partial charge on any atom is -0.330 e. The summed E-state index contributed by atoms with van der Waals surface area (Å²) >= 11 is 0. The van der Waals surface area contributed by atoms with Gasteiger partial charge in [-0.15, -0.1) is 12.4 Å². The van der Waals surface area contributed by atoms with Crippen LogP contribution in [0.4, 0.5) is 0 Å². The first-order chi connectivity index (χ1) is 9.70. The lowest BCUT2D eigenvalue weighted by Crippen LogP contribution is -2.31. The zero-order valence-electron chi connectivity index (χ0n) is 12.4. The molecule has 1 aromatic heterocycles. The van der Waals surface area contributed by atoms with Crippen molar-refractivity contribution >= 4 is 12.4 Å². The molecule has 0 radical (unpaired) electrons. The predicted molar refractivity (Wildman–Crippen MR) is 87.9 cm³/mol. The predicted octanol–water partition coefficient (Wildman–Crippen LogP) is 2.46. The zero-order chi connectivity index (χ0) is 14.0. The molecule has 2 N–H and O–H groups in total. The normalized spacial score (nSPS) is 22.2. The molecule has 1 atom stereocenters. The molecule has 5 heteroatoms. The van der Waals surface area contributed by atoms with E-state index in [4.69, 9.17) is 5.73 Å². The van der Waals surface area contributed by atoms with Gasteiger partial charge in [-0.1, -0.05) is 25.1 Å². The number of benzene rings is 1. The van der Waals surface area contributed by atoms with Crippen molar-refractivity contribution in [1.29, 1.82) is 0 Å². The Morgan fingerprint density at radius 2 is 2.05 bits per heavy atom. The second-order valence-electron chi connectivity index (χ2n) is 6.02. The Morgan fingerprint density at radius 1 is 1.29 bits per heavy atom. The SMILES string of the molecule is CC1(CN)CCN(Cc2nccn2-c2ccccc2)C1.Cl. The van der Waals surface area contributed by atoms with Crippen LogP contribution in [0.2, 0.25) is 0 Å². The van der Waals surface area contributed by atoms with E-state index in [0.717, 1.165) is 32.0 Å². The van der Waals surface area contributed by atoms with Gasteiger partial charge in [-0.3, -0.25) is 4.90 Å². The molecule has 0 aliphatic carbocycles. The second-order valence-corrected chi connectivity index (χ2v) is 6.02. The molecular weight excluding hydrogens is 284 g/mol. The first kappa shape index (κ1) is 16.0. The average molecular weight is 307 g/mol. The molecule has 1 saturated heterocycles. The van der Waals surface area contributed by atoms with Crippen molar-refractivity contribution < 1.29 is 0 Å². The number of halogens is 1. The first-order valence-corrected chi connectivity index (χ1v) is 7.20. The van der Waals surface area contributed by atoms with Crippen LogP contribution in [0.25, 0.3) is 5.69 Å². The van der Waals surface area contributed by atoms with Crippen molar-refractivity contribution in [3.8, 4) is 5.69 Å². The highest BCUT2D eigenvalue weighted by atomic mass is 35.5. The van der Waals surface area contributed by atoms with Crippen LogP contribution in [0.15, 0.2) is 42.7 Å². The van der Waals surface area contributed by atoms with Crippen LogP contribution in [0.5, 0.6) is 0 Å². The van der Waals surface area contributed by atoms with Crippen LogP contribution in [-0.2, 0) is 6.54 Å². The molecule has 114 valence electrons. The Morgan fingerprint density at radius 3 is 2.71 bits per heavy atom. The highest BCUT2D eigenvalue weighted by molar-refractivity contribution is 5.85. The number of nitrogens with zero attached hydrogens (tertiary/aromatic N) is 3. The summed E-state index contributed by atoms with van der Waals surface area (Å²) in [5, 5.41) is 0. The van der Waals surface area contributed by atoms with Crippen LogP contribution in [0, 0.1) is 5.41 Å². The van der Waals surface area contributed by atoms with Gasteiger partial charge in [0.15, 0.2) is 0 Å². The van der Waals surface area contributed by atoms with Gasteiger partial charge in [0.2, 0.25) is 0 Å². The molecule has 1 aliphatic rings. The van der Waals surface area contributed by atoms with E-state index in [1.165, 1.54) is 12.1 Å². The Balaban J connectivity index is 0.00000161. The van der Waals surface area contributed by atoms with Gasteiger partial charge in [0.1, 0.15) is 5.82 Å². The van der Waals surface area contributed by atoms with Gasteiger partial charge in [0.25, 0.3) is 0 Å². The standard InChI is InChI=1S/C16H22N4.ClH/c1-16(12-17)7-9-19(13-16)11-15-18-8-10-20(15)14-5-3-2-4-6-14;/h2-6,8,10H,7,9,11-13,17H2,1H3;1H. The molecule has 2 heterocycles. The number of para-hydroxylation sites is 1. The number of hydrogen-bond donors (Lipinski definition) is 1. The lowest BCUT2D eigenvalue weighted by Gasteiger charge is -2.22. The van der Waals surface area contributed by atoms with E-state index in [1.807, 2.05) is 18.5 Å². The minimum atomic E-state index is 0. The maximum Gasteiger partial charge on any atom is 0.127 e. The quantitative estimate of drug-likeness (QED) is 0.944. The molecule has 1 aliphatic heterocycles. The number of hydrogen-bond acceptors (Lipinski definition) is 3. The topological polar surface area (TPSA) is 47.1 Å². The van der Waals surface area contributed by atoms with Crippen LogP contribution >= 0.6 is 12.4 Å². The Kier molecular flexibility index (Phi) is 5.04. The number of imidazole rings is 1. The number of likely N-dealkylation sites (tertiary alicyclic amines) is 1. The van der Waals surface area contributed by atoms with Gasteiger partial charge in [0, 0.05) is 24.6 Å². The summed E-state index contributed by atoms with van der Waals surface area (Å²) in [5.74, 6) is 1.09. The largest absolute Gasteiger partial charge is 0.330 e.